The number of benzene rings is 1. The first-order valence-electron chi connectivity index (χ1n) is 9.18. The smallest absolute Gasteiger partial charge is 0.251 e. The van der Waals surface area contributed by atoms with Gasteiger partial charge in [0, 0.05) is 38.7 Å². The summed E-state index contributed by atoms with van der Waals surface area (Å²) in [6.45, 7) is 5.62. The van der Waals surface area contributed by atoms with Crippen molar-refractivity contribution in [2.75, 3.05) is 39.3 Å². The molecule has 2 saturated heterocycles. The molecule has 0 aliphatic carbocycles. The average Bonchev–Trinajstić information content (AvgIpc) is 2.85. The van der Waals surface area contributed by atoms with Crippen molar-refractivity contribution in [2.45, 2.75) is 31.6 Å². The van der Waals surface area contributed by atoms with E-state index < -0.39 is 12.1 Å². The van der Waals surface area contributed by atoms with Crippen molar-refractivity contribution in [3.63, 3.8) is 0 Å². The lowest BCUT2D eigenvalue weighted by molar-refractivity contribution is -0.128. The van der Waals surface area contributed by atoms with Gasteiger partial charge < -0.3 is 20.1 Å². The predicted molar refractivity (Wildman–Crippen MR) is 96.8 cm³/mol. The lowest BCUT2D eigenvalue weighted by Crippen LogP contribution is -2.47. The Morgan fingerprint density at radius 1 is 1.19 bits per heavy atom. The van der Waals surface area contributed by atoms with E-state index in [-0.39, 0.29) is 17.9 Å². The molecule has 142 valence electrons. The molecule has 2 fully saturated rings. The van der Waals surface area contributed by atoms with Gasteiger partial charge in [0.15, 0.2) is 0 Å². The maximum atomic E-state index is 12.3. The normalized spacial score (nSPS) is 27.2. The van der Waals surface area contributed by atoms with Crippen molar-refractivity contribution in [1.82, 2.24) is 15.1 Å². The molecule has 2 aliphatic heterocycles. The van der Waals surface area contributed by atoms with E-state index in [9.17, 15) is 14.7 Å². The Hall–Kier alpha value is -1.96. The minimum absolute atomic E-state index is 0.104. The van der Waals surface area contributed by atoms with Gasteiger partial charge in [-0.15, -0.1) is 0 Å². The van der Waals surface area contributed by atoms with Crippen molar-refractivity contribution in [3.8, 4) is 0 Å². The number of aliphatic hydroxyl groups is 1. The van der Waals surface area contributed by atoms with Gasteiger partial charge in [0.05, 0.1) is 18.8 Å². The van der Waals surface area contributed by atoms with Gasteiger partial charge in [-0.1, -0.05) is 18.2 Å². The maximum absolute atomic E-state index is 12.3. The Morgan fingerprint density at radius 2 is 1.96 bits per heavy atom. The van der Waals surface area contributed by atoms with Crippen LogP contribution in [0.2, 0.25) is 0 Å². The van der Waals surface area contributed by atoms with Crippen molar-refractivity contribution in [1.29, 1.82) is 0 Å². The number of amides is 2. The van der Waals surface area contributed by atoms with Gasteiger partial charge in [-0.25, -0.2) is 0 Å². The molecule has 1 aromatic rings. The van der Waals surface area contributed by atoms with Crippen molar-refractivity contribution in [3.05, 3.63) is 35.9 Å². The van der Waals surface area contributed by atoms with Crippen LogP contribution < -0.4 is 5.32 Å². The Morgan fingerprint density at radius 3 is 2.69 bits per heavy atom. The Kier molecular flexibility index (Phi) is 6.24. The molecule has 0 bridgehead atoms. The summed E-state index contributed by atoms with van der Waals surface area (Å²) >= 11 is 0. The van der Waals surface area contributed by atoms with E-state index >= 15 is 0 Å². The largest absolute Gasteiger partial charge is 0.388 e. The third-order valence-corrected chi connectivity index (χ3v) is 5.11. The molecule has 0 saturated carbocycles. The van der Waals surface area contributed by atoms with Crippen LogP contribution in [0.15, 0.2) is 30.3 Å². The van der Waals surface area contributed by atoms with Gasteiger partial charge in [0.2, 0.25) is 5.91 Å². The second-order valence-corrected chi connectivity index (χ2v) is 6.97. The van der Waals surface area contributed by atoms with Gasteiger partial charge in [0.25, 0.3) is 5.91 Å². The number of nitrogens with zero attached hydrogens (tertiary/aromatic N) is 2. The van der Waals surface area contributed by atoms with Crippen molar-refractivity contribution < 1.29 is 19.4 Å². The summed E-state index contributed by atoms with van der Waals surface area (Å²) in [5.74, 6) is -0.0986. The Bertz CT molecular complexity index is 624. The van der Waals surface area contributed by atoms with E-state index in [4.69, 9.17) is 4.74 Å². The second kappa shape index (κ2) is 8.62. The molecule has 26 heavy (non-hydrogen) atoms. The fraction of sp³-hybridized carbons (Fsp3) is 0.579. The van der Waals surface area contributed by atoms with E-state index in [1.807, 2.05) is 23.1 Å². The number of carbonyl (C=O) groups excluding carboxylic acids is 2. The maximum Gasteiger partial charge on any atom is 0.251 e. The number of nitrogens with one attached hydrogen (secondary N) is 1. The van der Waals surface area contributed by atoms with Crippen LogP contribution >= 0.6 is 0 Å². The molecule has 0 spiro atoms. The van der Waals surface area contributed by atoms with Crippen LogP contribution in [0.25, 0.3) is 0 Å². The minimum atomic E-state index is -0.741. The minimum Gasteiger partial charge on any atom is -0.388 e. The van der Waals surface area contributed by atoms with Gasteiger partial charge in [-0.3, -0.25) is 14.5 Å². The summed E-state index contributed by atoms with van der Waals surface area (Å²) in [7, 11) is 0. The molecule has 7 heteroatoms. The van der Waals surface area contributed by atoms with E-state index in [2.05, 4.69) is 10.2 Å². The zero-order chi connectivity index (χ0) is 18.5. The molecule has 2 N–H and O–H groups in total. The number of ether oxygens (including phenoxy) is 1. The summed E-state index contributed by atoms with van der Waals surface area (Å²) in [6, 6.07) is 8.55. The zero-order valence-electron chi connectivity index (χ0n) is 15.1. The topological polar surface area (TPSA) is 82.1 Å². The van der Waals surface area contributed by atoms with Gasteiger partial charge in [0.1, 0.15) is 6.10 Å². The fourth-order valence-corrected chi connectivity index (χ4v) is 3.54. The van der Waals surface area contributed by atoms with Crippen LogP contribution in [-0.2, 0) is 9.53 Å². The molecule has 7 nitrogen and oxygen atoms in total. The van der Waals surface area contributed by atoms with Crippen LogP contribution in [0.1, 0.15) is 23.7 Å². The van der Waals surface area contributed by atoms with Crippen molar-refractivity contribution in [2.24, 2.45) is 0 Å². The van der Waals surface area contributed by atoms with E-state index in [0.29, 0.717) is 25.3 Å². The molecule has 3 rings (SSSR count). The van der Waals surface area contributed by atoms with Crippen LogP contribution in [0.5, 0.6) is 0 Å². The molecule has 0 aromatic heterocycles. The van der Waals surface area contributed by atoms with Crippen LogP contribution in [0.3, 0.4) is 0 Å². The summed E-state index contributed by atoms with van der Waals surface area (Å²) in [6.07, 6.45) is -0.161. The van der Waals surface area contributed by atoms with Crippen molar-refractivity contribution >= 4 is 11.8 Å². The molecule has 1 aromatic carbocycles. The Balaban J connectivity index is 1.50. The highest BCUT2D eigenvalue weighted by Gasteiger charge is 2.38. The number of aliphatic hydroxyl groups excluding tert-OH is 1. The van der Waals surface area contributed by atoms with Gasteiger partial charge >= 0.3 is 0 Å². The molecular formula is C19H27N3O4. The third kappa shape index (κ3) is 4.60. The van der Waals surface area contributed by atoms with E-state index in [1.54, 1.807) is 19.1 Å². The molecule has 0 radical (unpaired) electrons. The summed E-state index contributed by atoms with van der Waals surface area (Å²) < 4.78 is 5.75. The zero-order valence-corrected chi connectivity index (χ0v) is 15.1. The predicted octanol–water partition coefficient (Wildman–Crippen LogP) is 0.0989. The highest BCUT2D eigenvalue weighted by Crippen LogP contribution is 2.17. The quantitative estimate of drug-likeness (QED) is 0.795. The average molecular weight is 361 g/mol. The highest BCUT2D eigenvalue weighted by atomic mass is 16.5. The molecule has 2 aliphatic rings. The fourth-order valence-electron chi connectivity index (χ4n) is 3.54. The SMILES string of the molecule is CC(=O)N1CCCN(CC2OCC(NC(=O)c3ccccc3)C2O)CC1. The van der Waals surface area contributed by atoms with Crippen LogP contribution in [0.4, 0.5) is 0 Å². The molecule has 3 atom stereocenters. The van der Waals surface area contributed by atoms with Crippen LogP contribution in [0, 0.1) is 0 Å². The van der Waals surface area contributed by atoms with E-state index in [1.165, 1.54) is 0 Å². The monoisotopic (exact) mass is 361 g/mol. The summed E-state index contributed by atoms with van der Waals surface area (Å²) in [4.78, 5) is 27.9. The van der Waals surface area contributed by atoms with Crippen LogP contribution in [-0.4, -0.2) is 84.3 Å². The Labute approximate surface area is 153 Å². The summed E-state index contributed by atoms with van der Waals surface area (Å²) in [5, 5.41) is 13.4. The first-order chi connectivity index (χ1) is 12.5. The third-order valence-electron chi connectivity index (χ3n) is 5.11. The molecule has 2 amide bonds. The lowest BCUT2D eigenvalue weighted by atomic mass is 10.1. The second-order valence-electron chi connectivity index (χ2n) is 6.97. The number of hydrogen-bond acceptors (Lipinski definition) is 5. The van der Waals surface area contributed by atoms with Gasteiger partial charge in [-0.05, 0) is 25.1 Å². The highest BCUT2D eigenvalue weighted by molar-refractivity contribution is 5.94. The standard InChI is InChI=1S/C19H27N3O4/c1-14(23)22-9-5-8-21(10-11-22)12-17-18(24)16(13-26-17)20-19(25)15-6-3-2-4-7-15/h2-4,6-7,16-18,24H,5,8-13H2,1H3,(H,20,25). The number of rotatable bonds is 4. The molecule has 2 heterocycles. The van der Waals surface area contributed by atoms with Gasteiger partial charge in [-0.2, -0.15) is 0 Å². The number of hydrogen-bond donors (Lipinski definition) is 2. The van der Waals surface area contributed by atoms with E-state index in [0.717, 1.165) is 26.1 Å². The number of carbonyl (C=O) groups is 2. The lowest BCUT2D eigenvalue weighted by Gasteiger charge is -2.26. The molecular weight excluding hydrogens is 334 g/mol. The first kappa shape index (κ1) is 18.8. The first-order valence-corrected chi connectivity index (χ1v) is 9.18. The summed E-state index contributed by atoms with van der Waals surface area (Å²) in [5.41, 5.74) is 0.569. The molecule has 3 unspecified atom stereocenters.